The molecule has 2 aromatic heterocycles. The van der Waals surface area contributed by atoms with Gasteiger partial charge in [-0.05, 0) is 44.5 Å². The summed E-state index contributed by atoms with van der Waals surface area (Å²) in [6, 6.07) is 6.08. The Bertz CT molecular complexity index is 620. The highest BCUT2D eigenvalue weighted by Crippen LogP contribution is 2.11. The fraction of sp³-hybridized carbons (Fsp3) is 0.400. The van der Waals surface area contributed by atoms with Crippen LogP contribution in [0.15, 0.2) is 36.8 Å². The van der Waals surface area contributed by atoms with Gasteiger partial charge in [-0.3, -0.25) is 9.78 Å². The van der Waals surface area contributed by atoms with Gasteiger partial charge in [0.1, 0.15) is 5.69 Å². The average Bonchev–Trinajstić information content (AvgIpc) is 3.02. The molecule has 3 rings (SSSR count). The van der Waals surface area contributed by atoms with E-state index in [-0.39, 0.29) is 36.8 Å². The maximum atomic E-state index is 12.3. The molecule has 1 aliphatic rings. The third-order valence-electron chi connectivity index (χ3n) is 3.70. The topological polar surface area (TPSA) is 71.8 Å². The zero-order valence-electron chi connectivity index (χ0n) is 12.8. The number of halogens is 2. The van der Waals surface area contributed by atoms with Gasteiger partial charge in [0, 0.05) is 30.7 Å². The molecule has 23 heavy (non-hydrogen) atoms. The normalized spacial score (nSPS) is 20.0. The van der Waals surface area contributed by atoms with Gasteiger partial charge in [0.15, 0.2) is 0 Å². The van der Waals surface area contributed by atoms with Crippen LogP contribution in [0.2, 0.25) is 0 Å². The monoisotopic (exact) mass is 357 g/mol. The number of amides is 1. The lowest BCUT2D eigenvalue weighted by Gasteiger charge is -2.28. The second kappa shape index (κ2) is 8.86. The maximum Gasteiger partial charge on any atom is 0.270 e. The van der Waals surface area contributed by atoms with Crippen LogP contribution in [0, 0.1) is 0 Å². The minimum Gasteiger partial charge on any atom is -0.348 e. The molecule has 6 nitrogen and oxygen atoms in total. The van der Waals surface area contributed by atoms with E-state index in [1.807, 2.05) is 18.3 Å². The van der Waals surface area contributed by atoms with Crippen LogP contribution in [-0.2, 0) is 0 Å². The Morgan fingerprint density at radius 1 is 1.39 bits per heavy atom. The summed E-state index contributed by atoms with van der Waals surface area (Å²) in [7, 11) is 0. The molecule has 0 radical (unpaired) electrons. The lowest BCUT2D eigenvalue weighted by atomic mass is 10.0. The fourth-order valence-corrected chi connectivity index (χ4v) is 2.63. The molecular weight excluding hydrogens is 337 g/mol. The van der Waals surface area contributed by atoms with E-state index in [9.17, 15) is 4.79 Å². The van der Waals surface area contributed by atoms with Crippen molar-refractivity contribution in [2.45, 2.75) is 31.8 Å². The third-order valence-corrected chi connectivity index (χ3v) is 3.70. The zero-order chi connectivity index (χ0) is 14.7. The first kappa shape index (κ1) is 19.4. The molecule has 0 bridgehead atoms. The Kier molecular flexibility index (Phi) is 7.48. The molecule has 0 saturated carbocycles. The molecule has 2 N–H and O–H groups in total. The molecule has 3 heterocycles. The molecule has 1 aliphatic heterocycles. The van der Waals surface area contributed by atoms with Crippen molar-refractivity contribution in [1.29, 1.82) is 0 Å². The predicted octanol–water partition coefficient (Wildman–Crippen LogP) is 1.98. The van der Waals surface area contributed by atoms with E-state index in [0.29, 0.717) is 11.7 Å². The second-order valence-corrected chi connectivity index (χ2v) is 5.40. The number of hydrogen-bond donors (Lipinski definition) is 2. The van der Waals surface area contributed by atoms with E-state index >= 15 is 0 Å². The Hall–Kier alpha value is -1.63. The number of rotatable bonds is 3. The molecular formula is C15H21Cl2N5O. The Labute approximate surface area is 147 Å². The van der Waals surface area contributed by atoms with Crippen LogP contribution in [0.5, 0.6) is 0 Å². The molecule has 0 spiro atoms. The van der Waals surface area contributed by atoms with Crippen LogP contribution in [-0.4, -0.2) is 39.3 Å². The highest BCUT2D eigenvalue weighted by atomic mass is 35.5. The van der Waals surface area contributed by atoms with Crippen LogP contribution in [0.1, 0.15) is 30.3 Å². The van der Waals surface area contributed by atoms with Crippen molar-refractivity contribution in [3.8, 4) is 5.69 Å². The highest BCUT2D eigenvalue weighted by molar-refractivity contribution is 5.92. The summed E-state index contributed by atoms with van der Waals surface area (Å²) in [4.78, 5) is 16.5. The molecule has 2 aromatic rings. The van der Waals surface area contributed by atoms with Crippen LogP contribution in [0.3, 0.4) is 0 Å². The zero-order valence-corrected chi connectivity index (χ0v) is 14.4. The van der Waals surface area contributed by atoms with Gasteiger partial charge in [0.2, 0.25) is 0 Å². The van der Waals surface area contributed by atoms with Gasteiger partial charge in [0.05, 0.1) is 5.69 Å². The second-order valence-electron chi connectivity index (χ2n) is 5.40. The predicted molar refractivity (Wildman–Crippen MR) is 93.8 cm³/mol. The quantitative estimate of drug-likeness (QED) is 0.880. The Morgan fingerprint density at radius 2 is 2.22 bits per heavy atom. The molecule has 1 fully saturated rings. The molecule has 126 valence electrons. The number of carbonyl (C=O) groups is 1. The van der Waals surface area contributed by atoms with Gasteiger partial charge < -0.3 is 10.6 Å². The molecule has 1 amide bonds. The molecule has 1 saturated heterocycles. The van der Waals surface area contributed by atoms with E-state index in [4.69, 9.17) is 0 Å². The van der Waals surface area contributed by atoms with Crippen molar-refractivity contribution in [2.24, 2.45) is 0 Å². The summed E-state index contributed by atoms with van der Waals surface area (Å²) in [5.74, 6) is -0.122. The van der Waals surface area contributed by atoms with Crippen LogP contribution < -0.4 is 10.6 Å². The van der Waals surface area contributed by atoms with Crippen molar-refractivity contribution >= 4 is 30.7 Å². The Morgan fingerprint density at radius 3 is 2.91 bits per heavy atom. The number of nitrogens with one attached hydrogen (secondary N) is 2. The minimum atomic E-state index is -0.122. The summed E-state index contributed by atoms with van der Waals surface area (Å²) in [6.07, 6.45) is 7.08. The van der Waals surface area contributed by atoms with Gasteiger partial charge in [-0.2, -0.15) is 5.10 Å². The summed E-state index contributed by atoms with van der Waals surface area (Å²) in [6.45, 7) is 3.07. The lowest BCUT2D eigenvalue weighted by molar-refractivity contribution is 0.0920. The van der Waals surface area contributed by atoms with Crippen molar-refractivity contribution in [1.82, 2.24) is 25.4 Å². The van der Waals surface area contributed by atoms with E-state index < -0.39 is 0 Å². The van der Waals surface area contributed by atoms with E-state index in [0.717, 1.165) is 25.1 Å². The first-order valence-electron chi connectivity index (χ1n) is 7.22. The van der Waals surface area contributed by atoms with Crippen LogP contribution >= 0.6 is 24.8 Å². The number of pyridine rings is 1. The highest BCUT2D eigenvalue weighted by Gasteiger charge is 2.21. The smallest absolute Gasteiger partial charge is 0.270 e. The van der Waals surface area contributed by atoms with Crippen molar-refractivity contribution < 1.29 is 4.79 Å². The fourth-order valence-electron chi connectivity index (χ4n) is 2.63. The first-order chi connectivity index (χ1) is 10.2. The van der Waals surface area contributed by atoms with Crippen LogP contribution in [0.4, 0.5) is 0 Å². The SMILES string of the molecule is CC1CC(NC(=O)c2cc(-n3cccn3)ccn2)CCN1.Cl.Cl. The van der Waals surface area contributed by atoms with Crippen molar-refractivity contribution in [3.05, 3.63) is 42.5 Å². The van der Waals surface area contributed by atoms with Gasteiger partial charge in [0.25, 0.3) is 5.91 Å². The maximum absolute atomic E-state index is 12.3. The minimum absolute atomic E-state index is 0. The van der Waals surface area contributed by atoms with Crippen LogP contribution in [0.25, 0.3) is 5.69 Å². The summed E-state index contributed by atoms with van der Waals surface area (Å²) in [5, 5.41) is 10.6. The number of nitrogens with zero attached hydrogens (tertiary/aromatic N) is 3. The Balaban J connectivity index is 0.00000132. The van der Waals surface area contributed by atoms with Gasteiger partial charge in [-0.25, -0.2) is 4.68 Å². The molecule has 0 aliphatic carbocycles. The summed E-state index contributed by atoms with van der Waals surface area (Å²) < 4.78 is 1.71. The van der Waals surface area contributed by atoms with Crippen molar-refractivity contribution in [2.75, 3.05) is 6.54 Å². The number of piperidine rings is 1. The largest absolute Gasteiger partial charge is 0.348 e. The first-order valence-corrected chi connectivity index (χ1v) is 7.22. The summed E-state index contributed by atoms with van der Waals surface area (Å²) in [5.41, 5.74) is 1.26. The number of aromatic nitrogens is 3. The molecule has 0 aromatic carbocycles. The van der Waals surface area contributed by atoms with Crippen molar-refractivity contribution in [3.63, 3.8) is 0 Å². The van der Waals surface area contributed by atoms with E-state index in [1.165, 1.54) is 0 Å². The molecule has 2 atom stereocenters. The van der Waals surface area contributed by atoms with Gasteiger partial charge >= 0.3 is 0 Å². The van der Waals surface area contributed by atoms with Gasteiger partial charge in [-0.1, -0.05) is 0 Å². The lowest BCUT2D eigenvalue weighted by Crippen LogP contribution is -2.46. The summed E-state index contributed by atoms with van der Waals surface area (Å²) >= 11 is 0. The number of hydrogen-bond acceptors (Lipinski definition) is 4. The number of carbonyl (C=O) groups excluding carboxylic acids is 1. The average molecular weight is 358 g/mol. The molecule has 8 heteroatoms. The van der Waals surface area contributed by atoms with E-state index in [1.54, 1.807) is 23.1 Å². The standard InChI is InChI=1S/C15H19N5O.2ClH/c1-11-9-12(3-6-16-11)19-15(21)14-10-13(4-7-17-14)20-8-2-5-18-20;;/h2,4-5,7-8,10-12,16H,3,6,9H2,1H3,(H,19,21);2*1H. The third kappa shape index (κ3) is 4.92. The molecule has 2 unspecified atom stereocenters. The van der Waals surface area contributed by atoms with Gasteiger partial charge in [-0.15, -0.1) is 24.8 Å². The van der Waals surface area contributed by atoms with E-state index in [2.05, 4.69) is 27.6 Å².